The second-order valence-electron chi connectivity index (χ2n) is 8.03. The van der Waals surface area contributed by atoms with Crippen molar-refractivity contribution in [1.29, 1.82) is 0 Å². The summed E-state index contributed by atoms with van der Waals surface area (Å²) < 4.78 is 6.62. The van der Waals surface area contributed by atoms with Crippen LogP contribution in [0.15, 0.2) is 0 Å². The molecule has 2 heteroatoms. The first-order chi connectivity index (χ1) is 7.06. The van der Waals surface area contributed by atoms with Crippen LogP contribution in [0.2, 0.25) is 18.1 Å². The fraction of sp³-hybridized carbons (Fsp3) is 1.00. The van der Waals surface area contributed by atoms with Gasteiger partial charge in [-0.15, -0.1) is 0 Å². The third kappa shape index (κ3) is 1.88. The van der Waals surface area contributed by atoms with Gasteiger partial charge in [-0.25, -0.2) is 0 Å². The molecule has 2 rings (SSSR count). The first-order valence-corrected chi connectivity index (χ1v) is 9.64. The standard InChI is InChI=1S/C14H28OSi/c1-13(2,3)16(6,7)15-12-9-10-8-11(10)14(12,4)5/h10-12H,8-9H2,1-7H3/t10-,11-,12+/m1/s1. The maximum Gasteiger partial charge on any atom is 0.192 e. The van der Waals surface area contributed by atoms with E-state index in [0.29, 0.717) is 16.6 Å². The average molecular weight is 240 g/mol. The van der Waals surface area contributed by atoms with Crippen LogP contribution < -0.4 is 0 Å². The molecular formula is C14H28OSi. The molecule has 0 aromatic rings. The summed E-state index contributed by atoms with van der Waals surface area (Å²) in [6, 6.07) is 0. The van der Waals surface area contributed by atoms with Crippen molar-refractivity contribution in [3.63, 3.8) is 0 Å². The van der Waals surface area contributed by atoms with E-state index in [2.05, 4.69) is 47.7 Å². The van der Waals surface area contributed by atoms with Gasteiger partial charge in [-0.3, -0.25) is 0 Å². The molecule has 0 heterocycles. The molecule has 2 fully saturated rings. The molecule has 2 aliphatic carbocycles. The van der Waals surface area contributed by atoms with Crippen molar-refractivity contribution >= 4 is 8.32 Å². The van der Waals surface area contributed by atoms with E-state index in [9.17, 15) is 0 Å². The van der Waals surface area contributed by atoms with Crippen LogP contribution in [0.3, 0.4) is 0 Å². The maximum absolute atomic E-state index is 6.62. The van der Waals surface area contributed by atoms with Gasteiger partial charge in [0, 0.05) is 0 Å². The van der Waals surface area contributed by atoms with Gasteiger partial charge < -0.3 is 4.43 Å². The van der Waals surface area contributed by atoms with Crippen molar-refractivity contribution in [2.24, 2.45) is 17.3 Å². The minimum absolute atomic E-state index is 0.343. The fourth-order valence-corrected chi connectivity index (χ4v) is 4.43. The second-order valence-corrected chi connectivity index (χ2v) is 12.8. The lowest BCUT2D eigenvalue weighted by Crippen LogP contribution is -2.47. The molecule has 0 aliphatic heterocycles. The Kier molecular flexibility index (Phi) is 2.64. The largest absolute Gasteiger partial charge is 0.413 e. The summed E-state index contributed by atoms with van der Waals surface area (Å²) in [4.78, 5) is 0. The van der Waals surface area contributed by atoms with E-state index >= 15 is 0 Å². The third-order valence-corrected chi connectivity index (χ3v) is 9.95. The molecule has 0 spiro atoms. The van der Waals surface area contributed by atoms with Gasteiger partial charge in [0.15, 0.2) is 8.32 Å². The molecule has 0 unspecified atom stereocenters. The lowest BCUT2D eigenvalue weighted by Gasteiger charge is -2.42. The molecule has 3 atom stereocenters. The Hall–Kier alpha value is 0.177. The zero-order valence-corrected chi connectivity index (χ0v) is 13.1. The van der Waals surface area contributed by atoms with E-state index < -0.39 is 8.32 Å². The summed E-state index contributed by atoms with van der Waals surface area (Å²) >= 11 is 0. The summed E-state index contributed by atoms with van der Waals surface area (Å²) in [7, 11) is -1.57. The smallest absolute Gasteiger partial charge is 0.192 e. The molecule has 0 aromatic carbocycles. The lowest BCUT2D eigenvalue weighted by molar-refractivity contribution is 0.0666. The summed E-state index contributed by atoms with van der Waals surface area (Å²) in [6.07, 6.45) is 3.31. The van der Waals surface area contributed by atoms with Crippen LogP contribution in [0.5, 0.6) is 0 Å². The Morgan fingerprint density at radius 2 is 1.69 bits per heavy atom. The topological polar surface area (TPSA) is 9.23 Å². The molecule has 0 N–H and O–H groups in total. The number of rotatable bonds is 2. The maximum atomic E-state index is 6.62. The highest BCUT2D eigenvalue weighted by Gasteiger charge is 2.60. The summed E-state index contributed by atoms with van der Waals surface area (Å²) in [5, 5.41) is 0.343. The van der Waals surface area contributed by atoms with E-state index in [4.69, 9.17) is 4.43 Å². The monoisotopic (exact) mass is 240 g/mol. The van der Waals surface area contributed by atoms with Crippen molar-refractivity contribution in [1.82, 2.24) is 0 Å². The first-order valence-electron chi connectivity index (χ1n) is 6.73. The van der Waals surface area contributed by atoms with Crippen LogP contribution in [0, 0.1) is 17.3 Å². The zero-order valence-electron chi connectivity index (χ0n) is 12.1. The normalized spacial score (nSPS) is 37.3. The van der Waals surface area contributed by atoms with Gasteiger partial charge in [-0.1, -0.05) is 34.6 Å². The molecule has 0 bridgehead atoms. The van der Waals surface area contributed by atoms with Gasteiger partial charge in [-0.2, -0.15) is 0 Å². The fourth-order valence-electron chi connectivity index (χ4n) is 2.97. The molecule has 2 aliphatic rings. The Morgan fingerprint density at radius 1 is 1.12 bits per heavy atom. The zero-order chi connectivity index (χ0) is 12.4. The Balaban J connectivity index is 2.06. The summed E-state index contributed by atoms with van der Waals surface area (Å²) in [6.45, 7) is 16.6. The average Bonchev–Trinajstić information content (AvgIpc) is 2.75. The molecule has 94 valence electrons. The molecule has 0 saturated heterocycles. The quantitative estimate of drug-likeness (QED) is 0.648. The Bertz CT molecular complexity index is 288. The van der Waals surface area contributed by atoms with Gasteiger partial charge in [0.25, 0.3) is 0 Å². The third-order valence-electron chi connectivity index (χ3n) is 5.47. The first kappa shape index (κ1) is 12.6. The second kappa shape index (κ2) is 3.35. The SMILES string of the molecule is CC1(C)[C@@H](O[Si](C)(C)C(C)(C)C)C[C@H]2C[C@H]21. The lowest BCUT2D eigenvalue weighted by atomic mass is 9.85. The van der Waals surface area contributed by atoms with Crippen LogP contribution in [-0.4, -0.2) is 14.4 Å². The van der Waals surface area contributed by atoms with E-state index in [1.165, 1.54) is 12.8 Å². The number of hydrogen-bond donors (Lipinski definition) is 0. The van der Waals surface area contributed by atoms with Crippen LogP contribution in [0.25, 0.3) is 0 Å². The molecule has 0 amide bonds. The highest BCUT2D eigenvalue weighted by atomic mass is 28.4. The molecule has 2 saturated carbocycles. The van der Waals surface area contributed by atoms with Crippen LogP contribution >= 0.6 is 0 Å². The van der Waals surface area contributed by atoms with Crippen molar-refractivity contribution in [2.75, 3.05) is 0 Å². The van der Waals surface area contributed by atoms with Gasteiger partial charge >= 0.3 is 0 Å². The summed E-state index contributed by atoms with van der Waals surface area (Å²) in [5.41, 5.74) is 0.431. The van der Waals surface area contributed by atoms with Crippen molar-refractivity contribution in [3.05, 3.63) is 0 Å². The van der Waals surface area contributed by atoms with E-state index in [1.807, 2.05) is 0 Å². The van der Waals surface area contributed by atoms with Crippen molar-refractivity contribution in [3.8, 4) is 0 Å². The van der Waals surface area contributed by atoms with Gasteiger partial charge in [0.2, 0.25) is 0 Å². The van der Waals surface area contributed by atoms with Gasteiger partial charge in [0.05, 0.1) is 6.10 Å². The highest BCUT2D eigenvalue weighted by molar-refractivity contribution is 6.74. The predicted octanol–water partition coefficient (Wildman–Crippen LogP) is 4.44. The Labute approximate surface area is 102 Å². The van der Waals surface area contributed by atoms with Crippen LogP contribution in [0.4, 0.5) is 0 Å². The van der Waals surface area contributed by atoms with Gasteiger partial charge in [0.1, 0.15) is 0 Å². The molecule has 0 aromatic heterocycles. The number of fused-ring (bicyclic) bond motifs is 1. The molecule has 0 radical (unpaired) electrons. The highest BCUT2D eigenvalue weighted by Crippen LogP contribution is 2.63. The molecule has 16 heavy (non-hydrogen) atoms. The van der Waals surface area contributed by atoms with Crippen LogP contribution in [-0.2, 0) is 4.43 Å². The van der Waals surface area contributed by atoms with E-state index in [1.54, 1.807) is 0 Å². The van der Waals surface area contributed by atoms with E-state index in [-0.39, 0.29) is 0 Å². The van der Waals surface area contributed by atoms with Crippen LogP contribution in [0.1, 0.15) is 47.5 Å². The molecular weight excluding hydrogens is 212 g/mol. The molecule has 1 nitrogen and oxygen atoms in total. The minimum atomic E-state index is -1.57. The predicted molar refractivity (Wildman–Crippen MR) is 72.1 cm³/mol. The van der Waals surface area contributed by atoms with Crippen molar-refractivity contribution < 1.29 is 4.43 Å². The minimum Gasteiger partial charge on any atom is -0.413 e. The van der Waals surface area contributed by atoms with E-state index in [0.717, 1.165) is 11.8 Å². The van der Waals surface area contributed by atoms with Gasteiger partial charge in [-0.05, 0) is 48.2 Å². The Morgan fingerprint density at radius 3 is 2.06 bits per heavy atom. The number of hydrogen-bond acceptors (Lipinski definition) is 1. The van der Waals surface area contributed by atoms with Crippen molar-refractivity contribution in [2.45, 2.75) is 71.7 Å². The summed E-state index contributed by atoms with van der Waals surface area (Å²) in [5.74, 6) is 1.95.